The molecular weight excluding hydrogens is 230 g/mol. The van der Waals surface area contributed by atoms with Crippen LogP contribution in [0.1, 0.15) is 0 Å². The normalized spacial score (nSPS) is 27.7. The van der Waals surface area contributed by atoms with Gasteiger partial charge in [0.15, 0.2) is 0 Å². The molecule has 6 nitrogen and oxygen atoms in total. The monoisotopic (exact) mass is 238 g/mol. The Hall–Kier alpha value is -0.480. The molecule has 0 saturated heterocycles. The van der Waals surface area contributed by atoms with Crippen molar-refractivity contribution in [2.75, 3.05) is 0 Å². The van der Waals surface area contributed by atoms with Crippen molar-refractivity contribution in [3.63, 3.8) is 0 Å². The summed E-state index contributed by atoms with van der Waals surface area (Å²) in [5.41, 5.74) is 0. The fourth-order valence-corrected chi connectivity index (χ4v) is 4.01. The van der Waals surface area contributed by atoms with Crippen molar-refractivity contribution >= 4 is 26.5 Å². The van der Waals surface area contributed by atoms with Crippen molar-refractivity contribution in [1.29, 1.82) is 0 Å². The minimum atomic E-state index is -3.67. The molecule has 0 bridgehead atoms. The van der Waals surface area contributed by atoms with Crippen LogP contribution >= 0.6 is 15.9 Å². The maximum atomic E-state index is 9.24. The second-order valence-electron chi connectivity index (χ2n) is 3.24. The van der Waals surface area contributed by atoms with Gasteiger partial charge in [-0.05, 0) is 0 Å². The molecule has 1 aromatic rings. The molecule has 0 aliphatic carbocycles. The van der Waals surface area contributed by atoms with Gasteiger partial charge in [-0.3, -0.25) is 0 Å². The van der Waals surface area contributed by atoms with E-state index in [0.717, 1.165) is 0 Å². The summed E-state index contributed by atoms with van der Waals surface area (Å²) >= 11 is 0. The van der Waals surface area contributed by atoms with Gasteiger partial charge in [-0.1, -0.05) is 0 Å². The van der Waals surface area contributed by atoms with Gasteiger partial charge in [0.05, 0.1) is 0 Å². The molecule has 1 aromatic carbocycles. The summed E-state index contributed by atoms with van der Waals surface area (Å²) in [5.74, 6) is 0.454. The molecular formula is C6H8O6P2. The van der Waals surface area contributed by atoms with Gasteiger partial charge >= 0.3 is 78.7 Å². The summed E-state index contributed by atoms with van der Waals surface area (Å²) in [6, 6.07) is 2.86. The Balaban J connectivity index is 2.16. The SMILES string of the molecule is O[PH]1(O)Oc2c1ccc1c2O[PH]1(O)O. The van der Waals surface area contributed by atoms with E-state index in [1.54, 1.807) is 0 Å². The molecule has 2 aliphatic rings. The third-order valence-corrected chi connectivity index (χ3v) is 5.47. The van der Waals surface area contributed by atoms with E-state index in [4.69, 9.17) is 9.05 Å². The number of benzene rings is 1. The molecule has 78 valence electrons. The molecule has 0 unspecified atom stereocenters. The molecule has 0 spiro atoms. The van der Waals surface area contributed by atoms with Gasteiger partial charge < -0.3 is 0 Å². The van der Waals surface area contributed by atoms with Crippen molar-refractivity contribution < 1.29 is 28.6 Å². The summed E-state index contributed by atoms with van der Waals surface area (Å²) < 4.78 is 9.51. The van der Waals surface area contributed by atoms with Gasteiger partial charge in [-0.15, -0.1) is 0 Å². The topological polar surface area (TPSA) is 99.4 Å². The molecule has 8 heteroatoms. The van der Waals surface area contributed by atoms with Crippen molar-refractivity contribution in [2.45, 2.75) is 0 Å². The van der Waals surface area contributed by atoms with Crippen LogP contribution < -0.4 is 19.7 Å². The molecule has 0 atom stereocenters. The van der Waals surface area contributed by atoms with Gasteiger partial charge in [0.25, 0.3) is 0 Å². The summed E-state index contributed by atoms with van der Waals surface area (Å²) in [6.45, 7) is 0. The van der Waals surface area contributed by atoms with E-state index < -0.39 is 15.9 Å². The van der Waals surface area contributed by atoms with E-state index in [9.17, 15) is 19.6 Å². The molecule has 3 rings (SSSR count). The van der Waals surface area contributed by atoms with Crippen LogP contribution in [-0.4, -0.2) is 19.6 Å². The fourth-order valence-electron chi connectivity index (χ4n) is 1.58. The molecule has 0 amide bonds. The van der Waals surface area contributed by atoms with Crippen LogP contribution in [0.4, 0.5) is 0 Å². The average Bonchev–Trinajstić information content (AvgIpc) is 2.04. The first-order chi connectivity index (χ1) is 6.42. The Morgan fingerprint density at radius 1 is 0.786 bits per heavy atom. The summed E-state index contributed by atoms with van der Waals surface area (Å²) in [4.78, 5) is 37.0. The first-order valence-corrected chi connectivity index (χ1v) is 7.48. The van der Waals surface area contributed by atoms with E-state index in [-0.39, 0.29) is 11.5 Å². The van der Waals surface area contributed by atoms with E-state index in [2.05, 4.69) is 0 Å². The zero-order valence-electron chi connectivity index (χ0n) is 6.76. The fraction of sp³-hybridized carbons (Fsp3) is 0. The standard InChI is InChI=1S/C6H8O6P2/c7-13(8)3-1-2-4-6(5(3)11-13)12-14(4,9)10/h1-2,7-10,13-14H. The molecule has 0 fully saturated rings. The van der Waals surface area contributed by atoms with Gasteiger partial charge in [-0.25, -0.2) is 0 Å². The van der Waals surface area contributed by atoms with Crippen LogP contribution in [-0.2, 0) is 0 Å². The van der Waals surface area contributed by atoms with E-state index in [0.29, 0.717) is 10.6 Å². The average molecular weight is 238 g/mol. The van der Waals surface area contributed by atoms with Crippen molar-refractivity contribution in [1.82, 2.24) is 0 Å². The molecule has 4 N–H and O–H groups in total. The van der Waals surface area contributed by atoms with Gasteiger partial charge in [0.1, 0.15) is 0 Å². The zero-order valence-corrected chi connectivity index (χ0v) is 8.76. The third-order valence-electron chi connectivity index (χ3n) is 2.30. The second kappa shape index (κ2) is 2.19. The first-order valence-electron chi connectivity index (χ1n) is 3.87. The first kappa shape index (κ1) is 8.80. The zero-order chi connectivity index (χ0) is 10.1. The van der Waals surface area contributed by atoms with E-state index >= 15 is 0 Å². The molecule has 2 heterocycles. The summed E-state index contributed by atoms with van der Waals surface area (Å²) in [5, 5.41) is 0.613. The van der Waals surface area contributed by atoms with Crippen LogP contribution in [0.25, 0.3) is 0 Å². The number of fused-ring (bicyclic) bond motifs is 3. The Labute approximate surface area is 79.5 Å². The van der Waals surface area contributed by atoms with Crippen LogP contribution in [0.3, 0.4) is 0 Å². The second-order valence-corrected chi connectivity index (χ2v) is 7.16. The Bertz CT molecular complexity index is 401. The molecule has 0 aromatic heterocycles. The van der Waals surface area contributed by atoms with E-state index in [1.807, 2.05) is 0 Å². The van der Waals surface area contributed by atoms with E-state index in [1.165, 1.54) is 12.1 Å². The van der Waals surface area contributed by atoms with Crippen molar-refractivity contribution in [3.8, 4) is 11.5 Å². The third kappa shape index (κ3) is 0.859. The minimum absolute atomic E-state index is 0.227. The van der Waals surface area contributed by atoms with Gasteiger partial charge in [0.2, 0.25) is 0 Å². The van der Waals surface area contributed by atoms with Gasteiger partial charge in [-0.2, -0.15) is 0 Å². The number of hydrogen-bond donors (Lipinski definition) is 4. The number of rotatable bonds is 0. The van der Waals surface area contributed by atoms with Crippen LogP contribution in [0.2, 0.25) is 0 Å². The predicted molar refractivity (Wildman–Crippen MR) is 52.5 cm³/mol. The summed E-state index contributed by atoms with van der Waals surface area (Å²) in [6.07, 6.45) is 0. The Morgan fingerprint density at radius 2 is 1.14 bits per heavy atom. The quantitative estimate of drug-likeness (QED) is 0.418. The van der Waals surface area contributed by atoms with Crippen LogP contribution in [0.15, 0.2) is 12.1 Å². The number of hydrogen-bond acceptors (Lipinski definition) is 6. The molecule has 0 radical (unpaired) electrons. The Morgan fingerprint density at radius 3 is 1.43 bits per heavy atom. The molecule has 14 heavy (non-hydrogen) atoms. The molecule has 0 saturated carbocycles. The Kier molecular flexibility index (Phi) is 1.38. The maximum absolute atomic E-state index is 9.24. The molecule has 2 aliphatic heterocycles. The van der Waals surface area contributed by atoms with Crippen LogP contribution in [0.5, 0.6) is 11.5 Å². The van der Waals surface area contributed by atoms with Crippen molar-refractivity contribution in [3.05, 3.63) is 12.1 Å². The van der Waals surface area contributed by atoms with Crippen LogP contribution in [0, 0.1) is 0 Å². The van der Waals surface area contributed by atoms with Crippen molar-refractivity contribution in [2.24, 2.45) is 0 Å². The van der Waals surface area contributed by atoms with Gasteiger partial charge in [0, 0.05) is 0 Å². The predicted octanol–water partition coefficient (Wildman–Crippen LogP) is -1.32. The summed E-state index contributed by atoms with van der Waals surface area (Å²) in [7, 11) is -7.33.